The van der Waals surface area contributed by atoms with Gasteiger partial charge in [-0.25, -0.2) is 9.98 Å². The number of Topliss-reactive ketones (excluding diaryl/α,β-unsaturated/α-hetero) is 2. The van der Waals surface area contributed by atoms with Gasteiger partial charge in [0.1, 0.15) is 23.2 Å². The number of H-pyrrole nitrogens is 1. The third-order valence-corrected chi connectivity index (χ3v) is 9.25. The van der Waals surface area contributed by atoms with Crippen LogP contribution in [0.25, 0.3) is 32.7 Å². The van der Waals surface area contributed by atoms with E-state index in [9.17, 15) is 9.59 Å². The highest BCUT2D eigenvalue weighted by Crippen LogP contribution is 2.35. The Morgan fingerprint density at radius 2 is 0.780 bits per heavy atom. The molecular weight excluding hydrogens is 727 g/mol. The van der Waals surface area contributed by atoms with Crippen molar-refractivity contribution in [1.29, 1.82) is 0 Å². The molecule has 7 nitrogen and oxygen atoms in total. The van der Waals surface area contributed by atoms with Crippen molar-refractivity contribution >= 4 is 67.3 Å². The zero-order chi connectivity index (χ0) is 41.1. The number of ketones is 2. The molecule has 0 saturated carbocycles. The molecule has 0 amide bonds. The summed E-state index contributed by atoms with van der Waals surface area (Å²) in [7, 11) is 0. The van der Waals surface area contributed by atoms with Gasteiger partial charge in [-0.1, -0.05) is 133 Å². The van der Waals surface area contributed by atoms with E-state index >= 15 is 0 Å². The van der Waals surface area contributed by atoms with Crippen LogP contribution in [0.1, 0.15) is 50.2 Å². The number of fused-ring (bicyclic) bond motifs is 2. The molecule has 59 heavy (non-hydrogen) atoms. The van der Waals surface area contributed by atoms with Crippen LogP contribution >= 0.6 is 0 Å². The van der Waals surface area contributed by atoms with Crippen LogP contribution in [0, 0.1) is 0 Å². The number of hydrogen-bond acceptors (Lipinski definition) is 6. The number of allylic oxidation sites excluding steroid dienone is 2. The number of nitrogens with one attached hydrogen (secondary N) is 3. The van der Waals surface area contributed by atoms with Crippen LogP contribution < -0.4 is 10.6 Å². The van der Waals surface area contributed by atoms with E-state index in [0.29, 0.717) is 0 Å². The molecule has 0 bridgehead atoms. The first-order valence-corrected chi connectivity index (χ1v) is 19.5. The number of aliphatic imine (C=N–C) groups is 2. The molecule has 2 aliphatic rings. The molecule has 3 N–H and O–H groups in total. The van der Waals surface area contributed by atoms with Crippen LogP contribution in [0.3, 0.4) is 0 Å². The summed E-state index contributed by atoms with van der Waals surface area (Å²) in [5, 5.41) is 11.8. The van der Waals surface area contributed by atoms with E-state index in [4.69, 9.17) is 9.98 Å². The van der Waals surface area contributed by atoms with Gasteiger partial charge in [-0.05, 0) is 98.2 Å². The first kappa shape index (κ1) is 39.6. The molecule has 0 fully saturated rings. The lowest BCUT2D eigenvalue weighted by Gasteiger charge is -2.11. The van der Waals surface area contributed by atoms with Gasteiger partial charge in [-0.3, -0.25) is 0 Å². The van der Waals surface area contributed by atoms with Crippen LogP contribution in [-0.2, 0) is 9.59 Å². The maximum Gasteiger partial charge on any atom is 0.131 e. The minimum absolute atomic E-state index is 0.167. The number of aromatic nitrogens is 1. The van der Waals surface area contributed by atoms with Gasteiger partial charge in [0.05, 0.1) is 11.4 Å². The minimum Gasteiger partial charge on any atom is -0.354 e. The van der Waals surface area contributed by atoms with E-state index in [1.165, 1.54) is 38.5 Å². The van der Waals surface area contributed by atoms with E-state index in [-0.39, 0.29) is 11.6 Å². The first-order chi connectivity index (χ1) is 28.7. The molecule has 7 aromatic rings. The predicted octanol–water partition coefficient (Wildman–Crippen LogP) is 12.2. The Kier molecular flexibility index (Phi) is 12.4. The highest BCUT2D eigenvalue weighted by Gasteiger charge is 2.20. The molecule has 2 aliphatic heterocycles. The Balaban J connectivity index is 0.000000608. The largest absolute Gasteiger partial charge is 0.354 e. The van der Waals surface area contributed by atoms with Crippen molar-refractivity contribution in [1.82, 2.24) is 4.98 Å². The van der Waals surface area contributed by atoms with Crippen molar-refractivity contribution in [3.05, 3.63) is 216 Å². The Morgan fingerprint density at radius 1 is 0.424 bits per heavy atom. The van der Waals surface area contributed by atoms with Crippen molar-refractivity contribution in [3.8, 4) is 0 Å². The fourth-order valence-electron chi connectivity index (χ4n) is 6.87. The highest BCUT2D eigenvalue weighted by molar-refractivity contribution is 6.13. The Hall–Kier alpha value is -7.64. The minimum atomic E-state index is 0.167. The quantitative estimate of drug-likeness (QED) is 0.157. The summed E-state index contributed by atoms with van der Waals surface area (Å²) in [6.45, 7) is 6.11. The number of anilines is 2. The molecule has 0 aliphatic carbocycles. The van der Waals surface area contributed by atoms with Gasteiger partial charge in [0.15, 0.2) is 0 Å². The summed E-state index contributed by atoms with van der Waals surface area (Å²) in [6.07, 6.45) is 8.26. The molecule has 9 rings (SSSR count). The second-order valence-corrected chi connectivity index (χ2v) is 14.3. The molecule has 7 heteroatoms. The SMILES string of the molecule is C1=C/C(=C(\c2ccccc2)c2ccc(/C(=C3/C=CC(Nc4cccc5ccccc45)=N3)c3ccccc3)[nH]2)N=C1Nc1cccc2ccccc12.CC(C)=O.CC(C)=O. The molecular formula is C52H45N5O2. The lowest BCUT2D eigenvalue weighted by atomic mass is 10.0. The molecule has 0 atom stereocenters. The Bertz CT molecular complexity index is 2630. The van der Waals surface area contributed by atoms with Gasteiger partial charge in [-0.2, -0.15) is 0 Å². The molecule has 3 heterocycles. The Morgan fingerprint density at radius 3 is 1.19 bits per heavy atom. The van der Waals surface area contributed by atoms with E-state index in [1.807, 2.05) is 24.3 Å². The van der Waals surface area contributed by atoms with Crippen molar-refractivity contribution in [3.63, 3.8) is 0 Å². The van der Waals surface area contributed by atoms with Crippen LogP contribution in [0.15, 0.2) is 203 Å². The standard InChI is InChI=1S/C46H33N5.2C3H6O/c1-3-15-33(16-4-1)45(41-27-29-43(50-41)48-37-23-11-19-31-13-7-9-21-35(31)37)39-25-26-40(47-39)46(34-17-5-2-6-18-34)42-28-30-44(51-42)49-38-24-12-20-32-14-8-10-22-36(32)38;2*1-3(2)4/h1-30,47H,(H,48,50)(H,49,51);2*1-2H3/b45-41-,46-42-;;. The summed E-state index contributed by atoms with van der Waals surface area (Å²) < 4.78 is 0. The highest BCUT2D eigenvalue weighted by atomic mass is 16.1. The zero-order valence-electron chi connectivity index (χ0n) is 33.5. The number of carbonyl (C=O) groups excluding carboxylic acids is 2. The maximum absolute atomic E-state index is 9.44. The smallest absolute Gasteiger partial charge is 0.131 e. The van der Waals surface area contributed by atoms with Crippen LogP contribution in [0.5, 0.6) is 0 Å². The molecule has 0 radical (unpaired) electrons. The third kappa shape index (κ3) is 9.85. The summed E-state index contributed by atoms with van der Waals surface area (Å²) in [5.74, 6) is 1.93. The van der Waals surface area contributed by atoms with Gasteiger partial charge in [0, 0.05) is 44.7 Å². The second kappa shape index (κ2) is 18.5. The number of amidine groups is 2. The van der Waals surface area contributed by atoms with Gasteiger partial charge >= 0.3 is 0 Å². The maximum atomic E-state index is 9.44. The van der Waals surface area contributed by atoms with E-state index < -0.39 is 0 Å². The van der Waals surface area contributed by atoms with E-state index in [0.717, 1.165) is 78.9 Å². The van der Waals surface area contributed by atoms with E-state index in [1.54, 1.807) is 0 Å². The molecule has 0 saturated heterocycles. The van der Waals surface area contributed by atoms with Crippen LogP contribution in [0.2, 0.25) is 0 Å². The average molecular weight is 772 g/mol. The number of benzene rings is 6. The number of rotatable bonds is 6. The lowest BCUT2D eigenvalue weighted by Crippen LogP contribution is -2.07. The second-order valence-electron chi connectivity index (χ2n) is 14.3. The molecule has 6 aromatic carbocycles. The molecule has 1 aromatic heterocycles. The number of nitrogens with zero attached hydrogens (tertiary/aromatic N) is 2. The van der Waals surface area contributed by atoms with Gasteiger partial charge < -0.3 is 25.2 Å². The van der Waals surface area contributed by atoms with Crippen molar-refractivity contribution in [2.75, 3.05) is 10.6 Å². The number of hydrogen-bond donors (Lipinski definition) is 3. The fourth-order valence-corrected chi connectivity index (χ4v) is 6.87. The zero-order valence-corrected chi connectivity index (χ0v) is 33.5. The van der Waals surface area contributed by atoms with Gasteiger partial charge in [-0.15, -0.1) is 0 Å². The average Bonchev–Trinajstić information content (AvgIpc) is 4.02. The normalized spacial score (nSPS) is 14.4. The van der Waals surface area contributed by atoms with Crippen molar-refractivity contribution in [2.45, 2.75) is 27.7 Å². The summed E-state index contributed by atoms with van der Waals surface area (Å²) in [5.41, 5.74) is 9.96. The van der Waals surface area contributed by atoms with Crippen molar-refractivity contribution in [2.24, 2.45) is 9.98 Å². The monoisotopic (exact) mass is 771 g/mol. The molecule has 0 unspecified atom stereocenters. The van der Waals surface area contributed by atoms with Crippen LogP contribution in [-0.4, -0.2) is 28.2 Å². The summed E-state index contributed by atoms with van der Waals surface area (Å²) in [6, 6.07) is 54.5. The van der Waals surface area contributed by atoms with E-state index in [2.05, 4.69) is 173 Å². The fraction of sp³-hybridized carbons (Fsp3) is 0.0769. The van der Waals surface area contributed by atoms with Crippen molar-refractivity contribution < 1.29 is 9.59 Å². The summed E-state index contributed by atoms with van der Waals surface area (Å²) >= 11 is 0. The topological polar surface area (TPSA) is 98.7 Å². The molecule has 0 spiro atoms. The predicted molar refractivity (Wildman–Crippen MR) is 247 cm³/mol. The molecule has 290 valence electrons. The van der Waals surface area contributed by atoms with Gasteiger partial charge in [0.25, 0.3) is 0 Å². The third-order valence-electron chi connectivity index (χ3n) is 9.25. The first-order valence-electron chi connectivity index (χ1n) is 19.5. The Labute approximate surface area is 345 Å². The number of aromatic amines is 1. The lowest BCUT2D eigenvalue weighted by molar-refractivity contribution is -0.115. The number of carbonyl (C=O) groups is 2. The van der Waals surface area contributed by atoms with Crippen LogP contribution in [0.4, 0.5) is 11.4 Å². The van der Waals surface area contributed by atoms with Gasteiger partial charge in [0.2, 0.25) is 0 Å². The summed E-state index contributed by atoms with van der Waals surface area (Å²) in [4.78, 5) is 32.9.